The van der Waals surface area contributed by atoms with E-state index in [-0.39, 0.29) is 11.9 Å². The Labute approximate surface area is 214 Å². The van der Waals surface area contributed by atoms with Crippen LogP contribution in [0.3, 0.4) is 0 Å². The van der Waals surface area contributed by atoms with E-state index in [0.29, 0.717) is 12.8 Å². The zero-order chi connectivity index (χ0) is 24.7. The van der Waals surface area contributed by atoms with E-state index in [0.717, 1.165) is 17.7 Å². The van der Waals surface area contributed by atoms with Gasteiger partial charge in [0.25, 0.3) is 0 Å². The van der Waals surface area contributed by atoms with Crippen LogP contribution in [0.1, 0.15) is 123 Å². The predicted molar refractivity (Wildman–Crippen MR) is 149 cm³/mol. The zero-order valence-electron chi connectivity index (χ0n) is 22.0. The van der Waals surface area contributed by atoms with Gasteiger partial charge in [0.05, 0.1) is 12.1 Å². The fourth-order valence-electron chi connectivity index (χ4n) is 4.20. The molecule has 1 aromatic rings. The molecule has 0 bridgehead atoms. The Morgan fingerprint density at radius 1 is 0.824 bits per heavy atom. The number of nitrogens with one attached hydrogen (secondary N) is 1. The lowest BCUT2D eigenvalue weighted by Crippen LogP contribution is -2.42. The molecule has 0 spiro atoms. The Balaban J connectivity index is 1.98. The Morgan fingerprint density at radius 3 is 1.82 bits per heavy atom. The normalized spacial score (nSPS) is 13.3. The maximum atomic E-state index is 12.3. The minimum Gasteiger partial charge on any atom is -0.387 e. The fraction of sp³-hybridized carbons (Fsp3) is 0.700. The van der Waals surface area contributed by atoms with Crippen molar-refractivity contribution in [3.8, 4) is 0 Å². The average molecular weight is 490 g/mol. The number of rotatable bonds is 22. The summed E-state index contributed by atoms with van der Waals surface area (Å²) in [5, 5.41) is 15.3. The maximum Gasteiger partial charge on any atom is 0.220 e. The topological polar surface area (TPSA) is 49.3 Å². The average Bonchev–Trinajstić information content (AvgIpc) is 2.85. The minimum absolute atomic E-state index is 0.0599. The SMILES string of the molecule is CCCCCCCCCCCCCCCCCC(=O)N[C@@H](CC)[C@H](O)/C=C/Sc1ccccc1. The molecule has 0 aliphatic heterocycles. The molecule has 2 N–H and O–H groups in total. The van der Waals surface area contributed by atoms with Gasteiger partial charge in [-0.3, -0.25) is 4.79 Å². The number of unbranched alkanes of at least 4 members (excludes halogenated alkanes) is 14. The number of thioether (sulfide) groups is 1. The predicted octanol–water partition coefficient (Wildman–Crippen LogP) is 8.81. The van der Waals surface area contributed by atoms with Crippen LogP contribution in [0.4, 0.5) is 0 Å². The fourth-order valence-corrected chi connectivity index (χ4v) is 4.91. The van der Waals surface area contributed by atoms with Crippen LogP contribution in [0.5, 0.6) is 0 Å². The summed E-state index contributed by atoms with van der Waals surface area (Å²) in [5.74, 6) is 0.0599. The number of benzene rings is 1. The number of amides is 1. The van der Waals surface area contributed by atoms with Gasteiger partial charge in [-0.2, -0.15) is 0 Å². The van der Waals surface area contributed by atoms with Crippen molar-refractivity contribution in [2.75, 3.05) is 0 Å². The van der Waals surface area contributed by atoms with Gasteiger partial charge in [-0.25, -0.2) is 0 Å². The molecule has 1 amide bonds. The van der Waals surface area contributed by atoms with Crippen LogP contribution >= 0.6 is 11.8 Å². The van der Waals surface area contributed by atoms with E-state index in [9.17, 15) is 9.90 Å². The van der Waals surface area contributed by atoms with Crippen molar-refractivity contribution in [2.24, 2.45) is 0 Å². The lowest BCUT2D eigenvalue weighted by Gasteiger charge is -2.20. The summed E-state index contributed by atoms with van der Waals surface area (Å²) in [6.45, 7) is 4.28. The van der Waals surface area contributed by atoms with E-state index in [2.05, 4.69) is 12.2 Å². The molecule has 34 heavy (non-hydrogen) atoms. The summed E-state index contributed by atoms with van der Waals surface area (Å²) >= 11 is 1.57. The number of hydrogen-bond donors (Lipinski definition) is 2. The first-order valence-corrected chi connectivity index (χ1v) is 14.9. The number of aliphatic hydroxyl groups is 1. The Kier molecular flexibility index (Phi) is 20.1. The molecule has 4 heteroatoms. The number of aliphatic hydroxyl groups excluding tert-OH is 1. The first-order valence-electron chi connectivity index (χ1n) is 14.0. The lowest BCUT2D eigenvalue weighted by molar-refractivity contribution is -0.122. The lowest BCUT2D eigenvalue weighted by atomic mass is 10.0. The molecule has 0 heterocycles. The third kappa shape index (κ3) is 17.2. The van der Waals surface area contributed by atoms with Crippen LogP contribution < -0.4 is 5.32 Å². The summed E-state index contributed by atoms with van der Waals surface area (Å²) in [4.78, 5) is 13.4. The van der Waals surface area contributed by atoms with Gasteiger partial charge in [0.15, 0.2) is 0 Å². The molecule has 0 radical (unpaired) electrons. The molecule has 3 nitrogen and oxygen atoms in total. The first kappa shape index (κ1) is 30.8. The Bertz CT molecular complexity index is 619. The molecular formula is C30H51NO2S. The highest BCUT2D eigenvalue weighted by Gasteiger charge is 2.16. The second-order valence-corrected chi connectivity index (χ2v) is 10.5. The van der Waals surface area contributed by atoms with E-state index in [1.165, 1.54) is 83.5 Å². The molecule has 0 aliphatic carbocycles. The van der Waals surface area contributed by atoms with E-state index in [1.54, 1.807) is 17.8 Å². The Hall–Kier alpha value is -1.26. The summed E-state index contributed by atoms with van der Waals surface area (Å²) in [7, 11) is 0. The second-order valence-electron chi connectivity index (χ2n) is 9.53. The number of hydrogen-bond acceptors (Lipinski definition) is 3. The van der Waals surface area contributed by atoms with Gasteiger partial charge in [-0.15, -0.1) is 0 Å². The molecule has 0 fully saturated rings. The molecule has 0 aromatic heterocycles. The molecule has 0 saturated carbocycles. The smallest absolute Gasteiger partial charge is 0.220 e. The standard InChI is InChI=1S/C30H51NO2S/c1-3-5-6-7-8-9-10-11-12-13-14-15-16-17-21-24-30(33)31-28(4-2)29(32)25-26-34-27-22-19-18-20-23-27/h18-20,22-23,25-26,28-29,32H,3-17,21,24H2,1-2H3,(H,31,33)/b26-25+/t28-,29+/m0/s1. The number of carbonyl (C=O) groups excluding carboxylic acids is 1. The molecule has 1 rings (SSSR count). The van der Waals surface area contributed by atoms with E-state index in [1.807, 2.05) is 42.7 Å². The van der Waals surface area contributed by atoms with Gasteiger partial charge < -0.3 is 10.4 Å². The molecular weight excluding hydrogens is 438 g/mol. The zero-order valence-corrected chi connectivity index (χ0v) is 22.8. The van der Waals surface area contributed by atoms with Crippen molar-refractivity contribution in [1.29, 1.82) is 0 Å². The van der Waals surface area contributed by atoms with Crippen LogP contribution in [-0.2, 0) is 4.79 Å². The molecule has 1 aromatic carbocycles. The van der Waals surface area contributed by atoms with Crippen LogP contribution in [0.2, 0.25) is 0 Å². The molecule has 194 valence electrons. The minimum atomic E-state index is -0.661. The third-order valence-corrected chi connectivity index (χ3v) is 7.27. The highest BCUT2D eigenvalue weighted by Crippen LogP contribution is 2.19. The van der Waals surface area contributed by atoms with E-state index in [4.69, 9.17) is 0 Å². The second kappa shape index (κ2) is 22.2. The van der Waals surface area contributed by atoms with Crippen molar-refractivity contribution in [3.05, 3.63) is 41.8 Å². The van der Waals surface area contributed by atoms with Crippen LogP contribution in [0.25, 0.3) is 0 Å². The monoisotopic (exact) mass is 489 g/mol. The van der Waals surface area contributed by atoms with E-state index >= 15 is 0 Å². The quantitative estimate of drug-likeness (QED) is 0.126. The van der Waals surface area contributed by atoms with Crippen LogP contribution in [-0.4, -0.2) is 23.2 Å². The maximum absolute atomic E-state index is 12.3. The largest absolute Gasteiger partial charge is 0.387 e. The highest BCUT2D eigenvalue weighted by atomic mass is 32.2. The summed E-state index contributed by atoms with van der Waals surface area (Å²) in [6.07, 6.45) is 22.3. The summed E-state index contributed by atoms with van der Waals surface area (Å²) in [6, 6.07) is 9.84. The van der Waals surface area contributed by atoms with Crippen LogP contribution in [0.15, 0.2) is 46.7 Å². The van der Waals surface area contributed by atoms with Crippen LogP contribution in [0, 0.1) is 0 Å². The third-order valence-electron chi connectivity index (χ3n) is 6.43. The first-order chi connectivity index (χ1) is 16.7. The molecule has 0 aliphatic rings. The summed E-state index contributed by atoms with van der Waals surface area (Å²) < 4.78 is 0. The highest BCUT2D eigenvalue weighted by molar-refractivity contribution is 8.02. The Morgan fingerprint density at radius 2 is 1.32 bits per heavy atom. The van der Waals surface area contributed by atoms with Gasteiger partial charge in [-0.1, -0.05) is 134 Å². The number of carbonyl (C=O) groups is 1. The van der Waals surface area contributed by atoms with Crippen molar-refractivity contribution >= 4 is 17.7 Å². The van der Waals surface area contributed by atoms with Crippen molar-refractivity contribution in [3.63, 3.8) is 0 Å². The van der Waals surface area contributed by atoms with Crippen molar-refractivity contribution < 1.29 is 9.90 Å². The van der Waals surface area contributed by atoms with Crippen molar-refractivity contribution in [1.82, 2.24) is 5.32 Å². The van der Waals surface area contributed by atoms with Gasteiger partial charge in [0.1, 0.15) is 0 Å². The van der Waals surface area contributed by atoms with Gasteiger partial charge >= 0.3 is 0 Å². The molecule has 0 saturated heterocycles. The molecule has 0 unspecified atom stereocenters. The van der Waals surface area contributed by atoms with Gasteiger partial charge in [0.2, 0.25) is 5.91 Å². The van der Waals surface area contributed by atoms with Gasteiger partial charge in [0, 0.05) is 11.3 Å². The van der Waals surface area contributed by atoms with Crippen molar-refractivity contribution in [2.45, 2.75) is 140 Å². The van der Waals surface area contributed by atoms with Gasteiger partial charge in [-0.05, 0) is 36.5 Å². The van der Waals surface area contributed by atoms with E-state index < -0.39 is 6.10 Å². The summed E-state index contributed by atoms with van der Waals surface area (Å²) in [5.41, 5.74) is 0. The molecule has 2 atom stereocenters.